The Morgan fingerprint density at radius 2 is 1.97 bits per heavy atom. The van der Waals surface area contributed by atoms with Crippen LogP contribution in [-0.2, 0) is 17.7 Å². The number of oxazole rings is 1. The molecule has 4 rings (SSSR count). The minimum absolute atomic E-state index is 0.0326. The number of methoxy groups -OCH3 is 1. The standard InChI is InChI=1S/C23H25N3O4/c1-14(2)20-16(9-10-19(27)25-20)23(28)26-12-11-18-17(13-26)24-22(30-18)21(29-3)15-7-5-4-6-8-15/h4-10,14,21H,11-13H2,1-3H3,(H,25,27). The lowest BCUT2D eigenvalue weighted by Crippen LogP contribution is -2.37. The van der Waals surface area contributed by atoms with Gasteiger partial charge in [-0.2, -0.15) is 0 Å². The number of aromatic amines is 1. The van der Waals surface area contributed by atoms with E-state index in [0.717, 1.165) is 17.0 Å². The van der Waals surface area contributed by atoms with Crippen molar-refractivity contribution in [2.24, 2.45) is 0 Å². The van der Waals surface area contributed by atoms with E-state index in [1.165, 1.54) is 6.07 Å². The summed E-state index contributed by atoms with van der Waals surface area (Å²) in [5.74, 6) is 1.20. The van der Waals surface area contributed by atoms with Gasteiger partial charge in [-0.25, -0.2) is 4.98 Å². The first-order valence-corrected chi connectivity index (χ1v) is 10.1. The van der Waals surface area contributed by atoms with Gasteiger partial charge < -0.3 is 19.0 Å². The molecule has 3 aromatic rings. The summed E-state index contributed by atoms with van der Waals surface area (Å²) in [6, 6.07) is 12.8. The number of hydrogen-bond acceptors (Lipinski definition) is 5. The smallest absolute Gasteiger partial charge is 0.256 e. The van der Waals surface area contributed by atoms with Gasteiger partial charge in [0.1, 0.15) is 11.5 Å². The molecule has 1 atom stereocenters. The number of pyridine rings is 1. The van der Waals surface area contributed by atoms with Crippen LogP contribution in [0.2, 0.25) is 0 Å². The van der Waals surface area contributed by atoms with E-state index in [0.29, 0.717) is 36.7 Å². The highest BCUT2D eigenvalue weighted by Crippen LogP contribution is 2.29. The molecule has 1 N–H and O–H groups in total. The zero-order valence-electron chi connectivity index (χ0n) is 17.3. The minimum atomic E-state index is -0.396. The predicted octanol–water partition coefficient (Wildman–Crippen LogP) is 3.42. The number of nitrogens with zero attached hydrogens (tertiary/aromatic N) is 2. The lowest BCUT2D eigenvalue weighted by molar-refractivity contribution is 0.0725. The normalized spacial score (nSPS) is 14.6. The average Bonchev–Trinajstić information content (AvgIpc) is 3.17. The van der Waals surface area contributed by atoms with E-state index in [1.807, 2.05) is 44.2 Å². The Morgan fingerprint density at radius 1 is 1.20 bits per heavy atom. The Hall–Kier alpha value is -3.19. The highest BCUT2D eigenvalue weighted by atomic mass is 16.5. The second kappa shape index (κ2) is 8.28. The fraction of sp³-hybridized carbons (Fsp3) is 0.348. The molecule has 7 heteroatoms. The Morgan fingerprint density at radius 3 is 2.67 bits per heavy atom. The minimum Gasteiger partial charge on any atom is -0.442 e. The quantitative estimate of drug-likeness (QED) is 0.700. The average molecular weight is 407 g/mol. The van der Waals surface area contributed by atoms with Gasteiger partial charge in [-0.3, -0.25) is 9.59 Å². The molecule has 156 valence electrons. The van der Waals surface area contributed by atoms with Crippen molar-refractivity contribution in [3.8, 4) is 0 Å². The summed E-state index contributed by atoms with van der Waals surface area (Å²) in [5, 5.41) is 0. The highest BCUT2D eigenvalue weighted by molar-refractivity contribution is 5.95. The Bertz CT molecular complexity index is 1100. The lowest BCUT2D eigenvalue weighted by atomic mass is 10.0. The maximum absolute atomic E-state index is 13.2. The molecular weight excluding hydrogens is 382 g/mol. The number of rotatable bonds is 5. The van der Waals surface area contributed by atoms with Gasteiger partial charge in [-0.05, 0) is 17.5 Å². The van der Waals surface area contributed by atoms with Gasteiger partial charge in [0.15, 0.2) is 6.10 Å². The maximum atomic E-state index is 13.2. The van der Waals surface area contributed by atoms with Crippen LogP contribution in [0, 0.1) is 0 Å². The van der Waals surface area contributed by atoms with Crippen LogP contribution in [0.4, 0.5) is 0 Å². The first-order chi connectivity index (χ1) is 14.5. The van der Waals surface area contributed by atoms with E-state index in [1.54, 1.807) is 18.1 Å². The highest BCUT2D eigenvalue weighted by Gasteiger charge is 2.30. The molecule has 0 bridgehead atoms. The number of H-pyrrole nitrogens is 1. The fourth-order valence-electron chi connectivity index (χ4n) is 3.81. The Kier molecular flexibility index (Phi) is 5.55. The number of hydrogen-bond donors (Lipinski definition) is 1. The summed E-state index contributed by atoms with van der Waals surface area (Å²) in [6.07, 6.45) is 0.187. The number of amides is 1. The van der Waals surface area contributed by atoms with E-state index in [-0.39, 0.29) is 17.4 Å². The monoisotopic (exact) mass is 407 g/mol. The Balaban J connectivity index is 1.59. The molecule has 1 aliphatic rings. The molecular formula is C23H25N3O4. The summed E-state index contributed by atoms with van der Waals surface area (Å²) in [5.41, 5.74) is 2.68. The van der Waals surface area contributed by atoms with Crippen LogP contribution in [0.25, 0.3) is 0 Å². The molecule has 3 heterocycles. The van der Waals surface area contributed by atoms with Gasteiger partial charge in [-0.1, -0.05) is 44.2 Å². The van der Waals surface area contributed by atoms with Crippen molar-refractivity contribution in [1.29, 1.82) is 0 Å². The number of carbonyl (C=O) groups excluding carboxylic acids is 1. The molecule has 0 fully saturated rings. The van der Waals surface area contributed by atoms with Crippen molar-refractivity contribution < 1.29 is 13.9 Å². The number of carbonyl (C=O) groups is 1. The van der Waals surface area contributed by atoms with Crippen molar-refractivity contribution in [2.45, 2.75) is 38.8 Å². The number of ether oxygens (including phenoxy) is 1. The van der Waals surface area contributed by atoms with Gasteiger partial charge in [0.05, 0.1) is 12.1 Å². The van der Waals surface area contributed by atoms with Crippen LogP contribution in [0.5, 0.6) is 0 Å². The number of benzene rings is 1. The molecule has 1 unspecified atom stereocenters. The third-order valence-corrected chi connectivity index (χ3v) is 5.35. The summed E-state index contributed by atoms with van der Waals surface area (Å²) in [4.78, 5) is 34.1. The Labute approximate surface area is 174 Å². The van der Waals surface area contributed by atoms with Gasteiger partial charge in [0, 0.05) is 31.8 Å². The SMILES string of the molecule is COC(c1ccccc1)c1nc2c(o1)CCN(C(=O)c1ccc(=O)[nH]c1C(C)C)C2. The van der Waals surface area contributed by atoms with Crippen molar-refractivity contribution >= 4 is 5.91 Å². The summed E-state index contributed by atoms with van der Waals surface area (Å²) >= 11 is 0. The molecule has 1 aromatic carbocycles. The van der Waals surface area contributed by atoms with E-state index in [9.17, 15) is 9.59 Å². The largest absolute Gasteiger partial charge is 0.442 e. The second-order valence-electron chi connectivity index (χ2n) is 7.73. The molecule has 7 nitrogen and oxygen atoms in total. The molecule has 0 spiro atoms. The van der Waals surface area contributed by atoms with Gasteiger partial charge in [0.25, 0.3) is 5.91 Å². The van der Waals surface area contributed by atoms with Crippen LogP contribution >= 0.6 is 0 Å². The first kappa shape index (κ1) is 20.1. The molecule has 1 aliphatic heterocycles. The van der Waals surface area contributed by atoms with Crippen LogP contribution in [0.1, 0.15) is 64.8 Å². The zero-order valence-corrected chi connectivity index (χ0v) is 17.3. The van der Waals surface area contributed by atoms with Crippen molar-refractivity contribution in [3.05, 3.63) is 87.0 Å². The predicted molar refractivity (Wildman–Crippen MR) is 111 cm³/mol. The third kappa shape index (κ3) is 3.80. The van der Waals surface area contributed by atoms with Crippen LogP contribution in [0.15, 0.2) is 51.7 Å². The van der Waals surface area contributed by atoms with E-state index in [4.69, 9.17) is 9.15 Å². The number of aromatic nitrogens is 2. The third-order valence-electron chi connectivity index (χ3n) is 5.35. The maximum Gasteiger partial charge on any atom is 0.256 e. The van der Waals surface area contributed by atoms with Crippen molar-refractivity contribution in [2.75, 3.05) is 13.7 Å². The van der Waals surface area contributed by atoms with Crippen LogP contribution in [-0.4, -0.2) is 34.4 Å². The van der Waals surface area contributed by atoms with Gasteiger partial charge in [0.2, 0.25) is 11.4 Å². The summed E-state index contributed by atoms with van der Waals surface area (Å²) in [6.45, 7) is 4.79. The molecule has 0 aliphatic carbocycles. The van der Waals surface area contributed by atoms with Gasteiger partial charge in [-0.15, -0.1) is 0 Å². The zero-order chi connectivity index (χ0) is 21.3. The van der Waals surface area contributed by atoms with Crippen molar-refractivity contribution in [3.63, 3.8) is 0 Å². The van der Waals surface area contributed by atoms with Crippen LogP contribution in [0.3, 0.4) is 0 Å². The lowest BCUT2D eigenvalue weighted by Gasteiger charge is -2.26. The van der Waals surface area contributed by atoms with E-state index in [2.05, 4.69) is 9.97 Å². The molecule has 0 saturated carbocycles. The topological polar surface area (TPSA) is 88.4 Å². The molecule has 0 saturated heterocycles. The molecule has 1 amide bonds. The first-order valence-electron chi connectivity index (χ1n) is 10.1. The fourth-order valence-corrected chi connectivity index (χ4v) is 3.81. The number of nitrogens with one attached hydrogen (secondary N) is 1. The molecule has 0 radical (unpaired) electrons. The molecule has 2 aromatic heterocycles. The molecule has 30 heavy (non-hydrogen) atoms. The second-order valence-corrected chi connectivity index (χ2v) is 7.73. The number of fused-ring (bicyclic) bond motifs is 1. The summed E-state index contributed by atoms with van der Waals surface area (Å²) < 4.78 is 11.6. The summed E-state index contributed by atoms with van der Waals surface area (Å²) in [7, 11) is 1.63. The van der Waals surface area contributed by atoms with Crippen molar-refractivity contribution in [1.82, 2.24) is 14.9 Å². The van der Waals surface area contributed by atoms with E-state index < -0.39 is 6.10 Å². The van der Waals surface area contributed by atoms with Gasteiger partial charge >= 0.3 is 0 Å². The van der Waals surface area contributed by atoms with E-state index >= 15 is 0 Å². The van der Waals surface area contributed by atoms with Crippen LogP contribution < -0.4 is 5.56 Å².